The highest BCUT2D eigenvalue weighted by atomic mass is 16.2. The summed E-state index contributed by atoms with van der Waals surface area (Å²) in [4.78, 5) is 23.1. The van der Waals surface area contributed by atoms with Crippen molar-refractivity contribution in [2.75, 3.05) is 0 Å². The lowest BCUT2D eigenvalue weighted by Crippen LogP contribution is -2.48. The molecule has 0 atom stereocenters. The standard InChI is InChI=1S/C17H28N2O2/c1-8-10-11-14(9-2)16(4,5)12-17(6,7)15(21)19-18-13(3)20/h8-11H,2,12H2,1,3-7H3,(H,18,20)(H,19,21)/b10-8-,14-11+. The Kier molecular flexibility index (Phi) is 7.13. The van der Waals surface area contributed by atoms with E-state index in [2.05, 4.69) is 31.3 Å². The Bertz CT molecular complexity index is 457. The summed E-state index contributed by atoms with van der Waals surface area (Å²) in [5, 5.41) is 0. The highest BCUT2D eigenvalue weighted by Crippen LogP contribution is 2.39. The summed E-state index contributed by atoms with van der Waals surface area (Å²) in [6.45, 7) is 15.1. The number of carbonyl (C=O) groups is 2. The average molecular weight is 292 g/mol. The highest BCUT2D eigenvalue weighted by molar-refractivity contribution is 5.84. The predicted molar refractivity (Wildman–Crippen MR) is 87.2 cm³/mol. The third-order valence-corrected chi connectivity index (χ3v) is 3.32. The topological polar surface area (TPSA) is 58.2 Å². The number of allylic oxidation sites excluding steroid dienone is 5. The fourth-order valence-corrected chi connectivity index (χ4v) is 2.37. The molecule has 2 amide bonds. The number of carbonyl (C=O) groups excluding carboxylic acids is 2. The molecule has 0 aromatic heterocycles. The van der Waals surface area contributed by atoms with Crippen molar-refractivity contribution in [3.63, 3.8) is 0 Å². The van der Waals surface area contributed by atoms with Gasteiger partial charge in [0.05, 0.1) is 0 Å². The third-order valence-electron chi connectivity index (χ3n) is 3.32. The van der Waals surface area contributed by atoms with Crippen molar-refractivity contribution < 1.29 is 9.59 Å². The summed E-state index contributed by atoms with van der Waals surface area (Å²) in [6, 6.07) is 0. The zero-order valence-electron chi connectivity index (χ0n) is 14.0. The second kappa shape index (κ2) is 7.81. The second-order valence-electron chi connectivity index (χ2n) is 6.43. The van der Waals surface area contributed by atoms with E-state index in [1.807, 2.05) is 45.1 Å². The van der Waals surface area contributed by atoms with Crippen molar-refractivity contribution in [1.29, 1.82) is 0 Å². The molecule has 2 N–H and O–H groups in total. The van der Waals surface area contributed by atoms with Gasteiger partial charge >= 0.3 is 0 Å². The number of amides is 2. The van der Waals surface area contributed by atoms with E-state index in [1.54, 1.807) is 0 Å². The Labute approximate surface area is 128 Å². The van der Waals surface area contributed by atoms with Crippen LogP contribution in [0.5, 0.6) is 0 Å². The van der Waals surface area contributed by atoms with Crippen LogP contribution in [0.15, 0.2) is 36.5 Å². The van der Waals surface area contributed by atoms with Gasteiger partial charge in [0.25, 0.3) is 0 Å². The lowest BCUT2D eigenvalue weighted by Gasteiger charge is -2.35. The molecule has 0 saturated carbocycles. The summed E-state index contributed by atoms with van der Waals surface area (Å²) in [5.41, 5.74) is 5.02. The number of hydrogen-bond donors (Lipinski definition) is 2. The van der Waals surface area contributed by atoms with Crippen molar-refractivity contribution in [2.24, 2.45) is 10.8 Å². The molecule has 0 unspecified atom stereocenters. The Hall–Kier alpha value is -1.84. The van der Waals surface area contributed by atoms with Crippen molar-refractivity contribution in [3.8, 4) is 0 Å². The van der Waals surface area contributed by atoms with Crippen molar-refractivity contribution >= 4 is 11.8 Å². The van der Waals surface area contributed by atoms with E-state index in [0.717, 1.165) is 5.57 Å². The third kappa shape index (κ3) is 6.43. The first-order valence-corrected chi connectivity index (χ1v) is 7.09. The second-order valence-corrected chi connectivity index (χ2v) is 6.43. The van der Waals surface area contributed by atoms with Crippen LogP contribution in [0, 0.1) is 10.8 Å². The SMILES string of the molecule is C=C/C(=C\C=C/C)C(C)(C)CC(C)(C)C(=O)NNC(C)=O. The van der Waals surface area contributed by atoms with Gasteiger partial charge in [-0.15, -0.1) is 0 Å². The molecular weight excluding hydrogens is 264 g/mol. The molecule has 4 heteroatoms. The van der Waals surface area contributed by atoms with Crippen molar-refractivity contribution in [2.45, 2.75) is 48.0 Å². The largest absolute Gasteiger partial charge is 0.274 e. The molecule has 0 heterocycles. The summed E-state index contributed by atoms with van der Waals surface area (Å²) >= 11 is 0. The van der Waals surface area contributed by atoms with Crippen LogP contribution in [0.4, 0.5) is 0 Å². The van der Waals surface area contributed by atoms with Gasteiger partial charge in [-0.1, -0.05) is 58.6 Å². The summed E-state index contributed by atoms with van der Waals surface area (Å²) in [5.74, 6) is -0.501. The van der Waals surface area contributed by atoms with Gasteiger partial charge in [-0.25, -0.2) is 0 Å². The Morgan fingerprint density at radius 3 is 2.10 bits per heavy atom. The number of rotatable bonds is 6. The van der Waals surface area contributed by atoms with Gasteiger partial charge < -0.3 is 0 Å². The zero-order valence-corrected chi connectivity index (χ0v) is 14.0. The van der Waals surface area contributed by atoms with Gasteiger partial charge in [0.2, 0.25) is 11.8 Å². The molecule has 0 aromatic rings. The van der Waals surface area contributed by atoms with E-state index in [-0.39, 0.29) is 17.2 Å². The smallest absolute Gasteiger partial charge is 0.244 e. The molecule has 0 bridgehead atoms. The van der Waals surface area contributed by atoms with Gasteiger partial charge in [0, 0.05) is 12.3 Å². The molecule has 21 heavy (non-hydrogen) atoms. The van der Waals surface area contributed by atoms with Gasteiger partial charge in [-0.2, -0.15) is 0 Å². The van der Waals surface area contributed by atoms with E-state index in [1.165, 1.54) is 6.92 Å². The van der Waals surface area contributed by atoms with Crippen LogP contribution >= 0.6 is 0 Å². The molecule has 0 saturated heterocycles. The maximum atomic E-state index is 12.2. The lowest BCUT2D eigenvalue weighted by atomic mass is 9.70. The zero-order chi connectivity index (χ0) is 16.7. The fraction of sp³-hybridized carbons (Fsp3) is 0.529. The summed E-state index contributed by atoms with van der Waals surface area (Å²) in [7, 11) is 0. The molecule has 0 aliphatic rings. The summed E-state index contributed by atoms with van der Waals surface area (Å²) < 4.78 is 0. The van der Waals surface area contributed by atoms with Gasteiger partial charge in [-0.3, -0.25) is 20.4 Å². The van der Waals surface area contributed by atoms with E-state index in [4.69, 9.17) is 0 Å². The summed E-state index contributed by atoms with van der Waals surface area (Å²) in [6.07, 6.45) is 8.37. The van der Waals surface area contributed by atoms with Crippen LogP contribution in [0.2, 0.25) is 0 Å². The average Bonchev–Trinajstić information content (AvgIpc) is 2.35. The van der Waals surface area contributed by atoms with Gasteiger partial charge in [0.1, 0.15) is 0 Å². The van der Waals surface area contributed by atoms with Crippen LogP contribution in [-0.2, 0) is 9.59 Å². The van der Waals surface area contributed by atoms with Crippen LogP contribution < -0.4 is 10.9 Å². The van der Waals surface area contributed by atoms with Crippen LogP contribution in [0.25, 0.3) is 0 Å². The predicted octanol–water partition coefficient (Wildman–Crippen LogP) is 3.28. The maximum Gasteiger partial charge on any atom is 0.244 e. The molecule has 118 valence electrons. The molecule has 0 aliphatic carbocycles. The Balaban J connectivity index is 5.07. The molecule has 0 aliphatic heterocycles. The normalized spacial score (nSPS) is 13.1. The lowest BCUT2D eigenvalue weighted by molar-refractivity contribution is -0.134. The van der Waals surface area contributed by atoms with Crippen LogP contribution in [0.3, 0.4) is 0 Å². The number of hydrogen-bond acceptors (Lipinski definition) is 2. The van der Waals surface area contributed by atoms with Crippen LogP contribution in [0.1, 0.15) is 48.0 Å². The van der Waals surface area contributed by atoms with E-state index in [0.29, 0.717) is 6.42 Å². The minimum Gasteiger partial charge on any atom is -0.274 e. The molecule has 0 rings (SSSR count). The molecule has 0 spiro atoms. The molecule has 0 radical (unpaired) electrons. The molecule has 0 aromatic carbocycles. The first kappa shape index (κ1) is 19.2. The monoisotopic (exact) mass is 292 g/mol. The molecule has 0 fully saturated rings. The Morgan fingerprint density at radius 2 is 1.67 bits per heavy atom. The Morgan fingerprint density at radius 1 is 1.10 bits per heavy atom. The van der Waals surface area contributed by atoms with E-state index in [9.17, 15) is 9.59 Å². The first-order chi connectivity index (χ1) is 9.56. The van der Waals surface area contributed by atoms with Crippen molar-refractivity contribution in [3.05, 3.63) is 36.5 Å². The van der Waals surface area contributed by atoms with Gasteiger partial charge in [0.15, 0.2) is 0 Å². The molecular formula is C17H28N2O2. The fourth-order valence-electron chi connectivity index (χ4n) is 2.37. The minimum absolute atomic E-state index is 0.208. The van der Waals surface area contributed by atoms with Crippen LogP contribution in [-0.4, -0.2) is 11.8 Å². The quantitative estimate of drug-likeness (QED) is 0.583. The minimum atomic E-state index is -0.621. The van der Waals surface area contributed by atoms with Crippen molar-refractivity contribution in [1.82, 2.24) is 10.9 Å². The highest BCUT2D eigenvalue weighted by Gasteiger charge is 2.36. The van der Waals surface area contributed by atoms with E-state index >= 15 is 0 Å². The maximum absolute atomic E-state index is 12.2. The van der Waals surface area contributed by atoms with Gasteiger partial charge in [-0.05, 0) is 24.3 Å². The van der Waals surface area contributed by atoms with E-state index < -0.39 is 5.41 Å². The number of hydrazine groups is 1. The molecule has 4 nitrogen and oxygen atoms in total. The first-order valence-electron chi connectivity index (χ1n) is 7.09. The number of nitrogens with one attached hydrogen (secondary N) is 2.